The van der Waals surface area contributed by atoms with Crippen LogP contribution in [0.15, 0.2) is 30.3 Å². The van der Waals surface area contributed by atoms with Crippen LogP contribution in [-0.4, -0.2) is 67.4 Å². The van der Waals surface area contributed by atoms with Gasteiger partial charge >= 0.3 is 0 Å². The molecule has 7 heteroatoms. The number of anilines is 4. The van der Waals surface area contributed by atoms with Crippen molar-refractivity contribution in [1.82, 2.24) is 14.9 Å². The summed E-state index contributed by atoms with van der Waals surface area (Å²) in [4.78, 5) is 14.0. The van der Waals surface area contributed by atoms with Crippen LogP contribution in [0.25, 0.3) is 0 Å². The van der Waals surface area contributed by atoms with Crippen LogP contribution in [0, 0.1) is 6.92 Å². The van der Waals surface area contributed by atoms with Gasteiger partial charge in [0.05, 0.1) is 13.2 Å². The molecule has 7 nitrogen and oxygen atoms in total. The summed E-state index contributed by atoms with van der Waals surface area (Å²) >= 11 is 0. The van der Waals surface area contributed by atoms with Crippen LogP contribution in [0.2, 0.25) is 0 Å². The minimum Gasteiger partial charge on any atom is -0.379 e. The van der Waals surface area contributed by atoms with Crippen molar-refractivity contribution >= 4 is 23.1 Å². The number of rotatable bonds is 7. The van der Waals surface area contributed by atoms with Gasteiger partial charge in [0.1, 0.15) is 5.82 Å². The van der Waals surface area contributed by atoms with Crippen LogP contribution in [0.4, 0.5) is 23.1 Å². The average Bonchev–Trinajstić information content (AvgIpc) is 2.75. The van der Waals surface area contributed by atoms with Crippen LogP contribution in [0.5, 0.6) is 0 Å². The van der Waals surface area contributed by atoms with Gasteiger partial charge in [0.25, 0.3) is 0 Å². The molecule has 0 aliphatic carbocycles. The fraction of sp³-hybridized carbons (Fsp3) is 0.545. The summed E-state index contributed by atoms with van der Waals surface area (Å²) in [6, 6.07) is 10.6. The summed E-state index contributed by atoms with van der Waals surface area (Å²) in [5, 5.41) is 6.78. The van der Waals surface area contributed by atoms with Crippen LogP contribution in [0.1, 0.15) is 25.0 Å². The molecule has 3 heterocycles. The molecule has 0 spiro atoms. The number of hydrogen-bond acceptors (Lipinski definition) is 7. The van der Waals surface area contributed by atoms with E-state index in [1.165, 1.54) is 24.9 Å². The summed E-state index contributed by atoms with van der Waals surface area (Å²) in [6.07, 6.45) is 3.94. The van der Waals surface area contributed by atoms with Crippen LogP contribution < -0.4 is 15.5 Å². The first kappa shape index (κ1) is 19.9. The highest BCUT2D eigenvalue weighted by molar-refractivity contribution is 5.61. The largest absolute Gasteiger partial charge is 0.379 e. The zero-order chi connectivity index (χ0) is 19.9. The van der Waals surface area contributed by atoms with E-state index in [1.807, 2.05) is 13.0 Å². The fourth-order valence-electron chi connectivity index (χ4n) is 3.92. The highest BCUT2D eigenvalue weighted by atomic mass is 16.5. The highest BCUT2D eigenvalue weighted by Gasteiger charge is 2.12. The van der Waals surface area contributed by atoms with Gasteiger partial charge in [-0.05, 0) is 50.5 Å². The second-order valence-electron chi connectivity index (χ2n) is 7.82. The lowest BCUT2D eigenvalue weighted by Crippen LogP contribution is -2.39. The van der Waals surface area contributed by atoms with E-state index in [0.29, 0.717) is 5.95 Å². The predicted octanol–water partition coefficient (Wildman–Crippen LogP) is 3.26. The molecule has 4 rings (SSSR count). The van der Waals surface area contributed by atoms with Gasteiger partial charge in [-0.15, -0.1) is 0 Å². The third-order valence-electron chi connectivity index (χ3n) is 5.53. The van der Waals surface area contributed by atoms with Crippen LogP contribution in [0.3, 0.4) is 0 Å². The second-order valence-corrected chi connectivity index (χ2v) is 7.82. The molecule has 1 aromatic heterocycles. The minimum absolute atomic E-state index is 0.672. The van der Waals surface area contributed by atoms with Crippen molar-refractivity contribution in [2.75, 3.05) is 68.0 Å². The monoisotopic (exact) mass is 396 g/mol. The van der Waals surface area contributed by atoms with E-state index in [1.54, 1.807) is 0 Å². The summed E-state index contributed by atoms with van der Waals surface area (Å²) in [6.45, 7) is 9.77. The van der Waals surface area contributed by atoms with Crippen molar-refractivity contribution < 1.29 is 4.74 Å². The molecule has 0 atom stereocenters. The third-order valence-corrected chi connectivity index (χ3v) is 5.53. The third kappa shape index (κ3) is 5.81. The maximum atomic E-state index is 5.40. The summed E-state index contributed by atoms with van der Waals surface area (Å²) in [5.41, 5.74) is 3.30. The normalized spacial score (nSPS) is 17.9. The van der Waals surface area contributed by atoms with Crippen molar-refractivity contribution in [2.24, 2.45) is 0 Å². The molecule has 1 aromatic carbocycles. The Morgan fingerprint density at radius 3 is 2.48 bits per heavy atom. The number of ether oxygens (including phenoxy) is 1. The topological polar surface area (TPSA) is 65.5 Å². The number of hydrogen-bond donors (Lipinski definition) is 2. The summed E-state index contributed by atoms with van der Waals surface area (Å²) in [5.74, 6) is 1.49. The first-order valence-corrected chi connectivity index (χ1v) is 10.8. The van der Waals surface area contributed by atoms with Gasteiger partial charge in [-0.3, -0.25) is 4.90 Å². The molecule has 29 heavy (non-hydrogen) atoms. The number of benzene rings is 1. The standard InChI is InChI=1S/C22H32N6O/c1-18-17-21(26-22(24-18)23-9-12-27-13-15-29-16-14-27)25-19-5-7-20(8-6-19)28-10-3-2-4-11-28/h5-8,17H,2-4,9-16H2,1H3,(H2,23,24,25,26). The van der Waals surface area contributed by atoms with E-state index in [4.69, 9.17) is 4.74 Å². The molecule has 0 saturated carbocycles. The molecule has 2 N–H and O–H groups in total. The van der Waals surface area contributed by atoms with Gasteiger partial charge in [0.15, 0.2) is 0 Å². The van der Waals surface area contributed by atoms with Crippen molar-refractivity contribution in [3.63, 3.8) is 0 Å². The van der Waals surface area contributed by atoms with Gasteiger partial charge in [-0.25, -0.2) is 4.98 Å². The van der Waals surface area contributed by atoms with Crippen molar-refractivity contribution in [3.05, 3.63) is 36.0 Å². The number of morpholine rings is 1. The first-order chi connectivity index (χ1) is 14.3. The van der Waals surface area contributed by atoms with E-state index in [-0.39, 0.29) is 0 Å². The molecule has 2 aliphatic heterocycles. The van der Waals surface area contributed by atoms with Crippen molar-refractivity contribution in [2.45, 2.75) is 26.2 Å². The molecular formula is C22H32N6O. The second kappa shape index (κ2) is 9.89. The molecule has 0 bridgehead atoms. The Kier molecular flexibility index (Phi) is 6.79. The molecule has 2 aromatic rings. The molecular weight excluding hydrogens is 364 g/mol. The maximum absolute atomic E-state index is 5.40. The van der Waals surface area contributed by atoms with Gasteiger partial charge in [-0.1, -0.05) is 0 Å². The number of piperidine rings is 1. The zero-order valence-corrected chi connectivity index (χ0v) is 17.4. The van der Waals surface area contributed by atoms with Crippen LogP contribution in [-0.2, 0) is 4.74 Å². The number of aromatic nitrogens is 2. The average molecular weight is 397 g/mol. The number of nitrogens with one attached hydrogen (secondary N) is 2. The van der Waals surface area contributed by atoms with E-state index in [0.717, 1.165) is 69.7 Å². The fourth-order valence-corrected chi connectivity index (χ4v) is 3.92. The quantitative estimate of drug-likeness (QED) is 0.745. The van der Waals surface area contributed by atoms with Crippen molar-refractivity contribution in [1.29, 1.82) is 0 Å². The molecule has 156 valence electrons. The van der Waals surface area contributed by atoms with Crippen LogP contribution >= 0.6 is 0 Å². The van der Waals surface area contributed by atoms with E-state index in [2.05, 4.69) is 54.7 Å². The number of nitrogens with zero attached hydrogens (tertiary/aromatic N) is 4. The molecule has 2 aliphatic rings. The maximum Gasteiger partial charge on any atom is 0.224 e. The Morgan fingerprint density at radius 1 is 0.966 bits per heavy atom. The molecule has 0 unspecified atom stereocenters. The Bertz CT molecular complexity index is 769. The van der Waals surface area contributed by atoms with Gasteiger partial charge in [-0.2, -0.15) is 4.98 Å². The molecule has 2 saturated heterocycles. The Labute approximate surface area is 173 Å². The smallest absolute Gasteiger partial charge is 0.224 e. The van der Waals surface area contributed by atoms with Gasteiger partial charge in [0.2, 0.25) is 5.95 Å². The molecule has 0 amide bonds. The molecule has 0 radical (unpaired) electrons. The Morgan fingerprint density at radius 2 is 1.72 bits per heavy atom. The lowest BCUT2D eigenvalue weighted by Gasteiger charge is -2.28. The van der Waals surface area contributed by atoms with E-state index < -0.39 is 0 Å². The lowest BCUT2D eigenvalue weighted by atomic mass is 10.1. The summed E-state index contributed by atoms with van der Waals surface area (Å²) in [7, 11) is 0. The number of aryl methyl sites for hydroxylation is 1. The van der Waals surface area contributed by atoms with Gasteiger partial charge in [0, 0.05) is 62.4 Å². The minimum atomic E-state index is 0.672. The predicted molar refractivity (Wildman–Crippen MR) is 118 cm³/mol. The van der Waals surface area contributed by atoms with E-state index in [9.17, 15) is 0 Å². The Balaban J connectivity index is 1.33. The van der Waals surface area contributed by atoms with Gasteiger partial charge < -0.3 is 20.3 Å². The zero-order valence-electron chi connectivity index (χ0n) is 17.4. The molecule has 2 fully saturated rings. The van der Waals surface area contributed by atoms with E-state index >= 15 is 0 Å². The van der Waals surface area contributed by atoms with Crippen molar-refractivity contribution in [3.8, 4) is 0 Å². The lowest BCUT2D eigenvalue weighted by molar-refractivity contribution is 0.0398. The highest BCUT2D eigenvalue weighted by Crippen LogP contribution is 2.23. The Hall–Kier alpha value is -2.38. The summed E-state index contributed by atoms with van der Waals surface area (Å²) < 4.78 is 5.40. The SMILES string of the molecule is Cc1cc(Nc2ccc(N3CCCCC3)cc2)nc(NCCN2CCOCC2)n1. The first-order valence-electron chi connectivity index (χ1n) is 10.8.